The summed E-state index contributed by atoms with van der Waals surface area (Å²) in [4.78, 5) is 23.7. The monoisotopic (exact) mass is 356 g/mol. The summed E-state index contributed by atoms with van der Waals surface area (Å²) in [7, 11) is 0. The molecular weight excluding hydrogens is 332 g/mol. The fraction of sp³-hybridized carbons (Fsp3) is 0.300. The van der Waals surface area contributed by atoms with Crippen molar-refractivity contribution in [3.05, 3.63) is 59.7 Å². The molecule has 0 fully saturated rings. The molecule has 2 rings (SSSR count). The number of rotatable bonds is 7. The van der Waals surface area contributed by atoms with E-state index >= 15 is 0 Å². The minimum absolute atomic E-state index is 0.0993. The van der Waals surface area contributed by atoms with Crippen molar-refractivity contribution in [3.8, 4) is 5.75 Å². The molecule has 26 heavy (non-hydrogen) atoms. The maximum atomic E-state index is 12.0. The highest BCUT2D eigenvalue weighted by molar-refractivity contribution is 5.75. The first-order valence-corrected chi connectivity index (χ1v) is 8.45. The van der Waals surface area contributed by atoms with Crippen molar-refractivity contribution in [2.75, 3.05) is 12.3 Å². The number of hydrogen-bond donors (Lipinski definition) is 2. The van der Waals surface area contributed by atoms with Crippen LogP contribution in [0.2, 0.25) is 0 Å². The van der Waals surface area contributed by atoms with Crippen LogP contribution in [0.1, 0.15) is 24.5 Å². The van der Waals surface area contributed by atoms with Crippen LogP contribution in [0, 0.1) is 12.8 Å². The molecule has 2 aromatic rings. The van der Waals surface area contributed by atoms with Gasteiger partial charge in [0.25, 0.3) is 0 Å². The first-order valence-electron chi connectivity index (χ1n) is 8.45. The molecule has 1 atom stereocenters. The van der Waals surface area contributed by atoms with Gasteiger partial charge >= 0.3 is 12.1 Å². The van der Waals surface area contributed by atoms with E-state index in [-0.39, 0.29) is 18.9 Å². The number of hydrogen-bond acceptors (Lipinski definition) is 5. The summed E-state index contributed by atoms with van der Waals surface area (Å²) >= 11 is 0. The van der Waals surface area contributed by atoms with Crippen LogP contribution in [0.15, 0.2) is 48.5 Å². The molecule has 6 nitrogen and oxygen atoms in total. The van der Waals surface area contributed by atoms with Gasteiger partial charge in [-0.3, -0.25) is 4.79 Å². The van der Waals surface area contributed by atoms with Crippen molar-refractivity contribution < 1.29 is 19.1 Å². The number of carbonyl (C=O) groups excluding carboxylic acids is 2. The Labute approximate surface area is 153 Å². The molecule has 0 aromatic heterocycles. The third kappa shape index (κ3) is 6.47. The second kappa shape index (κ2) is 9.46. The standard InChI is InChI=1S/C20H24N2O4/c1-14-8-9-17(21)18(10-14)26-19(23)11-15(2)12-22-20(24)25-13-16-6-4-3-5-7-16/h3-10,15H,11-13,21H2,1-2H3,(H,22,24). The number of amides is 1. The number of carbonyl (C=O) groups is 2. The molecule has 6 heteroatoms. The summed E-state index contributed by atoms with van der Waals surface area (Å²) < 4.78 is 10.4. The minimum atomic E-state index is -0.517. The molecule has 1 amide bonds. The van der Waals surface area contributed by atoms with E-state index in [4.69, 9.17) is 15.2 Å². The highest BCUT2D eigenvalue weighted by Gasteiger charge is 2.14. The molecule has 1 unspecified atom stereocenters. The van der Waals surface area contributed by atoms with E-state index in [0.29, 0.717) is 18.0 Å². The van der Waals surface area contributed by atoms with Gasteiger partial charge in [-0.1, -0.05) is 43.3 Å². The first kappa shape index (κ1) is 19.3. The van der Waals surface area contributed by atoms with Gasteiger partial charge in [-0.25, -0.2) is 4.79 Å². The first-order chi connectivity index (χ1) is 12.4. The zero-order chi connectivity index (χ0) is 18.9. The number of ether oxygens (including phenoxy) is 2. The summed E-state index contributed by atoms with van der Waals surface area (Å²) in [6.07, 6.45) is -0.358. The molecule has 0 radical (unpaired) electrons. The van der Waals surface area contributed by atoms with Crippen LogP contribution < -0.4 is 15.8 Å². The molecule has 0 bridgehead atoms. The zero-order valence-electron chi connectivity index (χ0n) is 15.0. The summed E-state index contributed by atoms with van der Waals surface area (Å²) in [5, 5.41) is 2.65. The van der Waals surface area contributed by atoms with Gasteiger partial charge in [-0.15, -0.1) is 0 Å². The van der Waals surface area contributed by atoms with Crippen LogP contribution in [0.4, 0.5) is 10.5 Å². The van der Waals surface area contributed by atoms with Crippen molar-refractivity contribution in [2.24, 2.45) is 5.92 Å². The highest BCUT2D eigenvalue weighted by Crippen LogP contribution is 2.23. The average Bonchev–Trinajstić information content (AvgIpc) is 2.62. The Bertz CT molecular complexity index is 747. The number of anilines is 1. The van der Waals surface area contributed by atoms with Crippen LogP contribution >= 0.6 is 0 Å². The molecule has 0 saturated carbocycles. The van der Waals surface area contributed by atoms with Crippen molar-refractivity contribution in [1.29, 1.82) is 0 Å². The highest BCUT2D eigenvalue weighted by atomic mass is 16.5. The zero-order valence-corrected chi connectivity index (χ0v) is 15.0. The molecule has 0 aliphatic heterocycles. The van der Waals surface area contributed by atoms with Crippen molar-refractivity contribution in [3.63, 3.8) is 0 Å². The predicted molar refractivity (Wildman–Crippen MR) is 99.6 cm³/mol. The van der Waals surface area contributed by atoms with Gasteiger partial charge < -0.3 is 20.5 Å². The fourth-order valence-electron chi connectivity index (χ4n) is 2.28. The van der Waals surface area contributed by atoms with E-state index in [1.54, 1.807) is 12.1 Å². The van der Waals surface area contributed by atoms with Crippen LogP contribution in [0.25, 0.3) is 0 Å². The van der Waals surface area contributed by atoms with E-state index in [1.165, 1.54) is 0 Å². The van der Waals surface area contributed by atoms with E-state index in [9.17, 15) is 9.59 Å². The van der Waals surface area contributed by atoms with Crippen LogP contribution in [-0.2, 0) is 16.1 Å². The second-order valence-corrected chi connectivity index (χ2v) is 6.27. The van der Waals surface area contributed by atoms with Gasteiger partial charge in [-0.05, 0) is 36.1 Å². The Balaban J connectivity index is 1.70. The quantitative estimate of drug-likeness (QED) is 0.450. The fourth-order valence-corrected chi connectivity index (χ4v) is 2.28. The Hall–Kier alpha value is -3.02. The summed E-state index contributed by atoms with van der Waals surface area (Å²) in [5.74, 6) is -0.135. The van der Waals surface area contributed by atoms with Crippen LogP contribution in [0.5, 0.6) is 5.75 Å². The van der Waals surface area contributed by atoms with Crippen molar-refractivity contribution >= 4 is 17.7 Å². The predicted octanol–water partition coefficient (Wildman–Crippen LogP) is 3.44. The number of alkyl carbamates (subject to hydrolysis) is 1. The third-order valence-corrected chi connectivity index (χ3v) is 3.72. The molecule has 0 heterocycles. The van der Waals surface area contributed by atoms with E-state index in [1.807, 2.05) is 50.2 Å². The molecular formula is C20H24N2O4. The maximum absolute atomic E-state index is 12.0. The second-order valence-electron chi connectivity index (χ2n) is 6.27. The van der Waals surface area contributed by atoms with Gasteiger partial charge in [0, 0.05) is 6.54 Å². The van der Waals surface area contributed by atoms with Crippen LogP contribution in [0.3, 0.4) is 0 Å². The number of nitrogens with two attached hydrogens (primary N) is 1. The molecule has 0 aliphatic carbocycles. The normalized spacial score (nSPS) is 11.5. The number of aryl methyl sites for hydroxylation is 1. The van der Waals surface area contributed by atoms with Crippen molar-refractivity contribution in [2.45, 2.75) is 26.9 Å². The molecule has 138 valence electrons. The van der Waals surface area contributed by atoms with E-state index in [0.717, 1.165) is 11.1 Å². The maximum Gasteiger partial charge on any atom is 0.407 e. The molecule has 0 spiro atoms. The Kier molecular flexibility index (Phi) is 7.02. The van der Waals surface area contributed by atoms with Gasteiger partial charge in [0.2, 0.25) is 0 Å². The Morgan fingerprint density at radius 3 is 2.62 bits per heavy atom. The summed E-state index contributed by atoms with van der Waals surface area (Å²) in [6, 6.07) is 14.7. The SMILES string of the molecule is Cc1ccc(N)c(OC(=O)CC(C)CNC(=O)OCc2ccccc2)c1. The topological polar surface area (TPSA) is 90.6 Å². The number of nitrogen functional groups attached to an aromatic ring is 1. The van der Waals surface area contributed by atoms with Gasteiger partial charge in [0.15, 0.2) is 5.75 Å². The molecule has 0 saturated heterocycles. The lowest BCUT2D eigenvalue weighted by atomic mass is 10.1. The average molecular weight is 356 g/mol. The van der Waals surface area contributed by atoms with Crippen molar-refractivity contribution in [1.82, 2.24) is 5.32 Å². The minimum Gasteiger partial charge on any atom is -0.445 e. The molecule has 3 N–H and O–H groups in total. The smallest absolute Gasteiger partial charge is 0.407 e. The summed E-state index contributed by atoms with van der Waals surface area (Å²) in [6.45, 7) is 4.25. The van der Waals surface area contributed by atoms with E-state index < -0.39 is 12.1 Å². The number of benzene rings is 2. The molecule has 2 aromatic carbocycles. The Morgan fingerprint density at radius 2 is 1.88 bits per heavy atom. The number of nitrogens with one attached hydrogen (secondary N) is 1. The van der Waals surface area contributed by atoms with Crippen LogP contribution in [-0.4, -0.2) is 18.6 Å². The largest absolute Gasteiger partial charge is 0.445 e. The number of esters is 1. The summed E-state index contributed by atoms with van der Waals surface area (Å²) in [5.41, 5.74) is 8.08. The molecule has 0 aliphatic rings. The lowest BCUT2D eigenvalue weighted by molar-refractivity contribution is -0.135. The lowest BCUT2D eigenvalue weighted by Crippen LogP contribution is -2.30. The van der Waals surface area contributed by atoms with Gasteiger partial charge in [0.05, 0.1) is 12.1 Å². The van der Waals surface area contributed by atoms with E-state index in [2.05, 4.69) is 5.32 Å². The third-order valence-electron chi connectivity index (χ3n) is 3.72. The van der Waals surface area contributed by atoms with Gasteiger partial charge in [0.1, 0.15) is 6.61 Å². The Morgan fingerprint density at radius 1 is 1.15 bits per heavy atom. The van der Waals surface area contributed by atoms with Gasteiger partial charge in [-0.2, -0.15) is 0 Å². The lowest BCUT2D eigenvalue weighted by Gasteiger charge is -2.13.